The third-order valence-corrected chi connectivity index (χ3v) is 5.32. The number of rotatable bonds is 5. The Morgan fingerprint density at radius 2 is 1.77 bits per heavy atom. The van der Waals surface area contributed by atoms with Crippen LogP contribution in [0.15, 0.2) is 48.5 Å². The van der Waals surface area contributed by atoms with Gasteiger partial charge >= 0.3 is 6.18 Å². The molecular weight excluding hydrogens is 395 g/mol. The fourth-order valence-electron chi connectivity index (χ4n) is 3.57. The number of nitriles is 1. The molecule has 1 unspecified atom stereocenters. The summed E-state index contributed by atoms with van der Waals surface area (Å²) in [7, 11) is 0. The SMILES string of the molecule is N#C[C@H](Cc1ccc(-c2ccc(C(F)(F)F)cc2)cc1)C1(C(N)=O)CNCCCO1. The smallest absolute Gasteiger partial charge is 0.367 e. The number of nitrogens with zero attached hydrogens (tertiary/aromatic N) is 1. The molecule has 1 aliphatic heterocycles. The molecule has 1 saturated heterocycles. The number of carbonyl (C=O) groups excluding carboxylic acids is 1. The van der Waals surface area contributed by atoms with Gasteiger partial charge in [-0.3, -0.25) is 4.79 Å². The summed E-state index contributed by atoms with van der Waals surface area (Å²) in [6.45, 7) is 1.18. The average Bonchev–Trinajstić information content (AvgIpc) is 2.99. The second-order valence-corrected chi connectivity index (χ2v) is 7.29. The highest BCUT2D eigenvalue weighted by Crippen LogP contribution is 2.32. The van der Waals surface area contributed by atoms with Gasteiger partial charge in [0.05, 0.1) is 17.6 Å². The number of primary amides is 1. The number of hydrogen-bond acceptors (Lipinski definition) is 4. The van der Waals surface area contributed by atoms with Crippen molar-refractivity contribution in [1.82, 2.24) is 5.32 Å². The predicted octanol–water partition coefficient (Wildman–Crippen LogP) is 3.29. The number of hydrogen-bond donors (Lipinski definition) is 2. The molecule has 2 atom stereocenters. The van der Waals surface area contributed by atoms with Crippen molar-refractivity contribution in [3.63, 3.8) is 0 Å². The first-order valence-corrected chi connectivity index (χ1v) is 9.57. The number of halogens is 3. The normalized spacial score (nSPS) is 20.7. The maximum Gasteiger partial charge on any atom is 0.416 e. The van der Waals surface area contributed by atoms with Crippen LogP contribution in [-0.4, -0.2) is 31.2 Å². The van der Waals surface area contributed by atoms with Crippen molar-refractivity contribution in [2.45, 2.75) is 24.6 Å². The van der Waals surface area contributed by atoms with E-state index in [0.29, 0.717) is 18.7 Å². The summed E-state index contributed by atoms with van der Waals surface area (Å²) in [5.74, 6) is -1.46. The number of nitrogens with one attached hydrogen (secondary N) is 1. The van der Waals surface area contributed by atoms with Crippen LogP contribution in [0, 0.1) is 17.2 Å². The Labute approximate surface area is 172 Å². The minimum Gasteiger partial charge on any atom is -0.367 e. The molecule has 8 heteroatoms. The van der Waals surface area contributed by atoms with Gasteiger partial charge in [-0.05, 0) is 48.2 Å². The van der Waals surface area contributed by atoms with Crippen LogP contribution in [0.3, 0.4) is 0 Å². The molecule has 0 radical (unpaired) electrons. The zero-order valence-electron chi connectivity index (χ0n) is 16.2. The Bertz CT molecular complexity index is 911. The molecule has 1 amide bonds. The lowest BCUT2D eigenvalue weighted by Gasteiger charge is -2.33. The summed E-state index contributed by atoms with van der Waals surface area (Å²) in [5.41, 5.74) is 5.70. The second kappa shape index (κ2) is 8.86. The molecule has 3 N–H and O–H groups in total. The van der Waals surface area contributed by atoms with Gasteiger partial charge in [-0.25, -0.2) is 0 Å². The minimum atomic E-state index is -4.37. The Balaban J connectivity index is 1.78. The van der Waals surface area contributed by atoms with Gasteiger partial charge in [-0.15, -0.1) is 0 Å². The van der Waals surface area contributed by atoms with Crippen LogP contribution >= 0.6 is 0 Å². The summed E-state index contributed by atoms with van der Waals surface area (Å²) in [6.07, 6.45) is -3.40. The maximum atomic E-state index is 12.7. The number of ether oxygens (including phenoxy) is 1. The summed E-state index contributed by atoms with van der Waals surface area (Å²) >= 11 is 0. The molecule has 0 aromatic heterocycles. The summed E-state index contributed by atoms with van der Waals surface area (Å²) in [6, 6.07) is 14.2. The van der Waals surface area contributed by atoms with E-state index in [4.69, 9.17) is 10.5 Å². The van der Waals surface area contributed by atoms with E-state index in [0.717, 1.165) is 29.7 Å². The lowest BCUT2D eigenvalue weighted by atomic mass is 9.82. The summed E-state index contributed by atoms with van der Waals surface area (Å²) in [5, 5.41) is 12.8. The molecule has 0 bridgehead atoms. The van der Waals surface area contributed by atoms with Gasteiger partial charge in [0.2, 0.25) is 0 Å². The zero-order valence-corrected chi connectivity index (χ0v) is 16.2. The van der Waals surface area contributed by atoms with Crippen molar-refractivity contribution in [1.29, 1.82) is 5.26 Å². The van der Waals surface area contributed by atoms with Gasteiger partial charge in [-0.1, -0.05) is 36.4 Å². The molecule has 5 nitrogen and oxygen atoms in total. The lowest BCUT2D eigenvalue weighted by Crippen LogP contribution is -2.57. The Morgan fingerprint density at radius 1 is 1.17 bits per heavy atom. The van der Waals surface area contributed by atoms with Crippen LogP contribution in [0.1, 0.15) is 17.5 Å². The quantitative estimate of drug-likeness (QED) is 0.782. The first-order valence-electron chi connectivity index (χ1n) is 9.57. The van der Waals surface area contributed by atoms with Crippen LogP contribution < -0.4 is 11.1 Å². The molecule has 30 heavy (non-hydrogen) atoms. The van der Waals surface area contributed by atoms with Gasteiger partial charge in [0, 0.05) is 13.2 Å². The minimum absolute atomic E-state index is 0.171. The Hall–Kier alpha value is -2.89. The van der Waals surface area contributed by atoms with Gasteiger partial charge in [0.15, 0.2) is 5.60 Å². The maximum absolute atomic E-state index is 12.7. The largest absolute Gasteiger partial charge is 0.416 e. The highest BCUT2D eigenvalue weighted by molar-refractivity contribution is 5.85. The highest BCUT2D eigenvalue weighted by Gasteiger charge is 2.46. The van der Waals surface area contributed by atoms with Crippen LogP contribution in [0.25, 0.3) is 11.1 Å². The zero-order chi connectivity index (χ0) is 21.8. The average molecular weight is 417 g/mol. The molecule has 2 aromatic carbocycles. The van der Waals surface area contributed by atoms with Crippen molar-refractivity contribution in [3.8, 4) is 17.2 Å². The number of alkyl halides is 3. The third kappa shape index (κ3) is 4.64. The number of carbonyl (C=O) groups is 1. The van der Waals surface area contributed by atoms with Gasteiger partial charge in [-0.2, -0.15) is 18.4 Å². The van der Waals surface area contributed by atoms with Gasteiger partial charge in [0.25, 0.3) is 5.91 Å². The molecular formula is C22H22F3N3O2. The van der Waals surface area contributed by atoms with Crippen molar-refractivity contribution in [2.24, 2.45) is 11.7 Å². The van der Waals surface area contributed by atoms with Crippen LogP contribution in [0.2, 0.25) is 0 Å². The fraction of sp³-hybridized carbons (Fsp3) is 0.364. The Kier molecular flexibility index (Phi) is 6.44. The topological polar surface area (TPSA) is 88.1 Å². The third-order valence-electron chi connectivity index (χ3n) is 5.32. The first kappa shape index (κ1) is 21.8. The first-order chi connectivity index (χ1) is 14.3. The van der Waals surface area contributed by atoms with Crippen LogP contribution in [0.5, 0.6) is 0 Å². The van der Waals surface area contributed by atoms with Crippen molar-refractivity contribution >= 4 is 5.91 Å². The number of amides is 1. The monoisotopic (exact) mass is 417 g/mol. The van der Waals surface area contributed by atoms with E-state index in [2.05, 4.69) is 11.4 Å². The van der Waals surface area contributed by atoms with E-state index in [-0.39, 0.29) is 13.0 Å². The molecule has 1 fully saturated rings. The van der Waals surface area contributed by atoms with Crippen molar-refractivity contribution in [3.05, 3.63) is 59.7 Å². The van der Waals surface area contributed by atoms with E-state index in [1.807, 2.05) is 0 Å². The molecule has 0 saturated carbocycles. The standard InChI is InChI=1S/C22H22F3N3O2/c23-22(24,25)18-8-6-17(7-9-18)16-4-2-15(3-5-16)12-19(13-26)21(20(27)29)14-28-10-1-11-30-21/h2-9,19,28H,1,10-12,14H2,(H2,27,29)/t19-,21?/m0/s1. The predicted molar refractivity (Wildman–Crippen MR) is 105 cm³/mol. The molecule has 0 aliphatic carbocycles. The summed E-state index contributed by atoms with van der Waals surface area (Å²) < 4.78 is 43.9. The molecule has 2 aromatic rings. The molecule has 0 spiro atoms. The van der Waals surface area contributed by atoms with E-state index >= 15 is 0 Å². The summed E-state index contributed by atoms with van der Waals surface area (Å²) in [4.78, 5) is 12.2. The number of benzene rings is 2. The van der Waals surface area contributed by atoms with Gasteiger partial charge in [0.1, 0.15) is 0 Å². The highest BCUT2D eigenvalue weighted by atomic mass is 19.4. The van der Waals surface area contributed by atoms with Crippen LogP contribution in [-0.2, 0) is 22.1 Å². The van der Waals surface area contributed by atoms with Gasteiger partial charge < -0.3 is 15.8 Å². The van der Waals surface area contributed by atoms with E-state index in [9.17, 15) is 23.2 Å². The van der Waals surface area contributed by atoms with E-state index in [1.165, 1.54) is 12.1 Å². The van der Waals surface area contributed by atoms with E-state index < -0.39 is 29.2 Å². The van der Waals surface area contributed by atoms with Crippen LogP contribution in [0.4, 0.5) is 13.2 Å². The fourth-order valence-corrected chi connectivity index (χ4v) is 3.57. The number of nitrogens with two attached hydrogens (primary N) is 1. The van der Waals surface area contributed by atoms with Crippen molar-refractivity contribution in [2.75, 3.05) is 19.7 Å². The molecule has 1 heterocycles. The molecule has 3 rings (SSSR count). The second-order valence-electron chi connectivity index (χ2n) is 7.29. The Morgan fingerprint density at radius 3 is 2.30 bits per heavy atom. The lowest BCUT2D eigenvalue weighted by molar-refractivity contribution is -0.147. The van der Waals surface area contributed by atoms with Crippen molar-refractivity contribution < 1.29 is 22.7 Å². The van der Waals surface area contributed by atoms with E-state index in [1.54, 1.807) is 24.3 Å². The molecule has 158 valence electrons. The molecule has 1 aliphatic rings.